The molecule has 0 unspecified atom stereocenters. The summed E-state index contributed by atoms with van der Waals surface area (Å²) in [5.41, 5.74) is 6.30. The molecule has 2 N–H and O–H groups in total. The number of hydrogen-bond donors (Lipinski definition) is 2. The number of esters is 1. The van der Waals surface area contributed by atoms with Gasteiger partial charge in [0.05, 0.1) is 11.1 Å². The number of fused-ring (bicyclic) bond motifs is 1. The average molecular weight is 533 g/mol. The van der Waals surface area contributed by atoms with Crippen molar-refractivity contribution in [2.45, 2.75) is 39.2 Å². The fourth-order valence-corrected chi connectivity index (χ4v) is 4.91. The van der Waals surface area contributed by atoms with Gasteiger partial charge in [-0.1, -0.05) is 0 Å². The predicted octanol–water partition coefficient (Wildman–Crippen LogP) is 4.09. The number of hydrazine groups is 1. The topological polar surface area (TPSA) is 118 Å². The number of carbonyl (C=O) groups is 3. The molecule has 4 aromatic rings. The van der Waals surface area contributed by atoms with Crippen LogP contribution >= 0.6 is 11.3 Å². The Kier molecular flexibility index (Phi) is 6.85. The lowest BCUT2D eigenvalue weighted by atomic mass is 10.1. The van der Waals surface area contributed by atoms with Crippen molar-refractivity contribution in [3.05, 3.63) is 70.3 Å². The van der Waals surface area contributed by atoms with Crippen LogP contribution in [0, 0.1) is 0 Å². The Bertz CT molecular complexity index is 1480. The minimum Gasteiger partial charge on any atom is -0.455 e. The van der Waals surface area contributed by atoms with Crippen LogP contribution in [-0.2, 0) is 4.74 Å². The zero-order valence-electron chi connectivity index (χ0n) is 21.4. The fourth-order valence-electron chi connectivity index (χ4n) is 4.27. The number of pyridine rings is 2. The maximum Gasteiger partial charge on any atom is 0.358 e. The van der Waals surface area contributed by atoms with Crippen LogP contribution in [0.4, 0.5) is 5.82 Å². The summed E-state index contributed by atoms with van der Waals surface area (Å²) in [7, 11) is 0. The van der Waals surface area contributed by atoms with E-state index >= 15 is 0 Å². The van der Waals surface area contributed by atoms with Crippen LogP contribution in [0.1, 0.15) is 64.8 Å². The van der Waals surface area contributed by atoms with Crippen LogP contribution in [0.3, 0.4) is 0 Å². The molecule has 0 aliphatic carbocycles. The van der Waals surface area contributed by atoms with Gasteiger partial charge in [-0.15, -0.1) is 0 Å². The number of nitrogens with one attached hydrogen (secondary N) is 2. The van der Waals surface area contributed by atoms with E-state index in [1.165, 1.54) is 17.5 Å². The second kappa shape index (κ2) is 10.3. The Morgan fingerprint density at radius 3 is 2.45 bits per heavy atom. The van der Waals surface area contributed by atoms with Gasteiger partial charge >= 0.3 is 5.97 Å². The first-order valence-corrected chi connectivity index (χ1v) is 13.2. The molecule has 5 heterocycles. The minimum atomic E-state index is -0.714. The molecule has 10 nitrogen and oxygen atoms in total. The van der Waals surface area contributed by atoms with E-state index in [1.54, 1.807) is 55.6 Å². The van der Waals surface area contributed by atoms with E-state index < -0.39 is 23.4 Å². The molecule has 5 rings (SSSR count). The van der Waals surface area contributed by atoms with Gasteiger partial charge < -0.3 is 9.64 Å². The summed E-state index contributed by atoms with van der Waals surface area (Å²) in [6, 6.07) is 8.54. The summed E-state index contributed by atoms with van der Waals surface area (Å²) in [5.74, 6) is -0.802. The lowest BCUT2D eigenvalue weighted by Gasteiger charge is -2.19. The maximum absolute atomic E-state index is 13.2. The number of aromatic nitrogens is 3. The number of amides is 2. The van der Waals surface area contributed by atoms with Gasteiger partial charge in [-0.3, -0.25) is 24.8 Å². The standard InChI is InChI=1S/C27H28N6O4S/c1-27(2,3)37-26(36)22-21(18-10-14-38-16-18)29-23-19(7-6-13-33(22)23)25(35)31-30-24(34)17-8-9-20(28-15-17)32-11-4-5-12-32/h6-10,13-16H,4-5,11-12H2,1-3H3,(H,30,34)(H,31,35). The molecule has 1 fully saturated rings. The molecule has 38 heavy (non-hydrogen) atoms. The molecule has 4 aromatic heterocycles. The summed E-state index contributed by atoms with van der Waals surface area (Å²) in [5, 5.41) is 3.76. The van der Waals surface area contributed by atoms with E-state index in [9.17, 15) is 14.4 Å². The molecular formula is C27H28N6O4S. The van der Waals surface area contributed by atoms with Crippen molar-refractivity contribution in [2.24, 2.45) is 0 Å². The highest BCUT2D eigenvalue weighted by Crippen LogP contribution is 2.29. The molecule has 1 aliphatic rings. The van der Waals surface area contributed by atoms with Gasteiger partial charge in [0.2, 0.25) is 0 Å². The van der Waals surface area contributed by atoms with Crippen molar-refractivity contribution in [3.63, 3.8) is 0 Å². The zero-order valence-corrected chi connectivity index (χ0v) is 22.2. The largest absolute Gasteiger partial charge is 0.455 e. The predicted molar refractivity (Wildman–Crippen MR) is 144 cm³/mol. The molecule has 0 radical (unpaired) electrons. The molecule has 1 saturated heterocycles. The van der Waals surface area contributed by atoms with Crippen molar-refractivity contribution < 1.29 is 19.1 Å². The third-order valence-electron chi connectivity index (χ3n) is 6.01. The SMILES string of the molecule is CC(C)(C)OC(=O)c1c(-c2ccsc2)nc2c(C(=O)NNC(=O)c3ccc(N4CCCC4)nc3)cccn12. The monoisotopic (exact) mass is 532 g/mol. The van der Waals surface area contributed by atoms with Gasteiger partial charge in [0.25, 0.3) is 11.8 Å². The molecule has 0 bridgehead atoms. The highest BCUT2D eigenvalue weighted by atomic mass is 32.1. The molecule has 0 saturated carbocycles. The molecule has 11 heteroatoms. The zero-order chi connectivity index (χ0) is 26.9. The first kappa shape index (κ1) is 25.4. The number of hydrogen-bond acceptors (Lipinski definition) is 8. The first-order valence-electron chi connectivity index (χ1n) is 12.3. The Hall–Kier alpha value is -4.25. The van der Waals surface area contributed by atoms with E-state index in [-0.39, 0.29) is 16.9 Å². The Morgan fingerprint density at radius 1 is 1.03 bits per heavy atom. The van der Waals surface area contributed by atoms with Crippen molar-refractivity contribution in [1.29, 1.82) is 0 Å². The van der Waals surface area contributed by atoms with Crippen LogP contribution in [0.2, 0.25) is 0 Å². The van der Waals surface area contributed by atoms with E-state index in [4.69, 9.17) is 4.74 Å². The second-order valence-corrected chi connectivity index (χ2v) is 10.7. The van der Waals surface area contributed by atoms with Gasteiger partial charge in [0, 0.05) is 36.4 Å². The van der Waals surface area contributed by atoms with Crippen LogP contribution in [0.5, 0.6) is 0 Å². The maximum atomic E-state index is 13.2. The van der Waals surface area contributed by atoms with E-state index in [1.807, 2.05) is 16.8 Å². The first-order chi connectivity index (χ1) is 18.2. The highest BCUT2D eigenvalue weighted by Gasteiger charge is 2.28. The summed E-state index contributed by atoms with van der Waals surface area (Å²) >= 11 is 1.47. The highest BCUT2D eigenvalue weighted by molar-refractivity contribution is 7.08. The Labute approximate surface area is 223 Å². The molecule has 0 spiro atoms. The summed E-state index contributed by atoms with van der Waals surface area (Å²) < 4.78 is 7.18. The molecular weight excluding hydrogens is 504 g/mol. The van der Waals surface area contributed by atoms with Gasteiger partial charge in [0.1, 0.15) is 17.1 Å². The normalized spacial score (nSPS) is 13.5. The number of imidazole rings is 1. The van der Waals surface area contributed by atoms with E-state index in [0.717, 1.165) is 37.3 Å². The number of ether oxygens (including phenoxy) is 1. The smallest absolute Gasteiger partial charge is 0.358 e. The van der Waals surface area contributed by atoms with Crippen molar-refractivity contribution >= 4 is 40.6 Å². The van der Waals surface area contributed by atoms with Crippen molar-refractivity contribution in [2.75, 3.05) is 18.0 Å². The van der Waals surface area contributed by atoms with Crippen molar-refractivity contribution in [1.82, 2.24) is 25.2 Å². The number of anilines is 1. The minimum absolute atomic E-state index is 0.182. The van der Waals surface area contributed by atoms with E-state index in [2.05, 4.69) is 25.7 Å². The lowest BCUT2D eigenvalue weighted by molar-refractivity contribution is 0.00624. The summed E-state index contributed by atoms with van der Waals surface area (Å²) in [6.07, 6.45) is 5.41. The molecule has 2 amide bonds. The second-order valence-electron chi connectivity index (χ2n) is 9.95. The lowest BCUT2D eigenvalue weighted by Crippen LogP contribution is -2.41. The number of carbonyl (C=O) groups excluding carboxylic acids is 3. The van der Waals surface area contributed by atoms with Crippen LogP contribution in [-0.4, -0.2) is 50.8 Å². The molecule has 196 valence electrons. The van der Waals surface area contributed by atoms with Gasteiger partial charge in [-0.25, -0.2) is 14.8 Å². The molecule has 0 atom stereocenters. The van der Waals surface area contributed by atoms with Gasteiger partial charge in [0.15, 0.2) is 11.3 Å². The van der Waals surface area contributed by atoms with Crippen molar-refractivity contribution in [3.8, 4) is 11.3 Å². The molecule has 1 aliphatic heterocycles. The summed E-state index contributed by atoms with van der Waals surface area (Å²) in [4.78, 5) is 50.1. The van der Waals surface area contributed by atoms with Crippen LogP contribution in [0.15, 0.2) is 53.5 Å². The quantitative estimate of drug-likeness (QED) is 0.294. The number of nitrogens with zero attached hydrogens (tertiary/aromatic N) is 4. The van der Waals surface area contributed by atoms with Gasteiger partial charge in [-0.2, -0.15) is 11.3 Å². The number of rotatable bonds is 5. The third-order valence-corrected chi connectivity index (χ3v) is 6.69. The van der Waals surface area contributed by atoms with Crippen LogP contribution in [0.25, 0.3) is 16.9 Å². The fraction of sp³-hybridized carbons (Fsp3) is 0.296. The molecule has 0 aromatic carbocycles. The Morgan fingerprint density at radius 2 is 1.79 bits per heavy atom. The number of thiophene rings is 1. The van der Waals surface area contributed by atoms with Gasteiger partial charge in [-0.05, 0) is 69.3 Å². The van der Waals surface area contributed by atoms with Crippen LogP contribution < -0.4 is 15.8 Å². The summed E-state index contributed by atoms with van der Waals surface area (Å²) in [6.45, 7) is 7.27. The third kappa shape index (κ3) is 5.23. The van der Waals surface area contributed by atoms with E-state index in [0.29, 0.717) is 11.3 Å². The Balaban J connectivity index is 1.38. The average Bonchev–Trinajstić information content (AvgIpc) is 3.66.